The van der Waals surface area contributed by atoms with Crippen LogP contribution in [-0.2, 0) is 9.59 Å². The molecule has 0 N–H and O–H groups in total. The number of nitrogens with zero attached hydrogens (tertiary/aromatic N) is 2. The van der Waals surface area contributed by atoms with Gasteiger partial charge in [-0.3, -0.25) is 14.5 Å². The fourth-order valence-electron chi connectivity index (χ4n) is 3.95. The van der Waals surface area contributed by atoms with Crippen molar-refractivity contribution in [3.63, 3.8) is 0 Å². The van der Waals surface area contributed by atoms with E-state index in [1.807, 2.05) is 98.8 Å². The Morgan fingerprint density at radius 2 is 1.58 bits per heavy atom. The number of piperazine rings is 1. The van der Waals surface area contributed by atoms with Crippen molar-refractivity contribution in [3.8, 4) is 0 Å². The molecule has 0 spiro atoms. The molecule has 3 aromatic carbocycles. The summed E-state index contributed by atoms with van der Waals surface area (Å²) in [4.78, 5) is 30.4. The number of aryl methyl sites for hydroxylation is 1. The third-order valence-electron chi connectivity index (χ3n) is 5.46. The van der Waals surface area contributed by atoms with Crippen LogP contribution in [0.4, 0.5) is 11.4 Å². The summed E-state index contributed by atoms with van der Waals surface area (Å²) in [6, 6.07) is 24.3. The van der Waals surface area contributed by atoms with E-state index in [9.17, 15) is 9.59 Å². The highest BCUT2D eigenvalue weighted by atomic mass is 79.9. The van der Waals surface area contributed by atoms with Gasteiger partial charge < -0.3 is 4.90 Å². The molecule has 4 rings (SSSR count). The number of rotatable bonds is 4. The molecule has 1 aliphatic rings. The van der Waals surface area contributed by atoms with Gasteiger partial charge in [-0.05, 0) is 60.9 Å². The van der Waals surface area contributed by atoms with Gasteiger partial charge in [0.15, 0.2) is 0 Å². The molecule has 1 heterocycles. The van der Waals surface area contributed by atoms with Crippen LogP contribution in [0.1, 0.15) is 18.1 Å². The molecule has 0 radical (unpaired) electrons. The quantitative estimate of drug-likeness (QED) is 0.492. The maximum Gasteiger partial charge on any atom is 0.254 e. The van der Waals surface area contributed by atoms with Gasteiger partial charge in [-0.15, -0.1) is 0 Å². The van der Waals surface area contributed by atoms with E-state index in [1.54, 1.807) is 9.80 Å². The predicted octanol–water partition coefficient (Wildman–Crippen LogP) is 5.61. The number of para-hydroxylation sites is 1. The number of halogens is 1. The lowest BCUT2D eigenvalue weighted by atomic mass is 9.98. The molecule has 0 bridgehead atoms. The Kier molecular flexibility index (Phi) is 6.05. The largest absolute Gasteiger partial charge is 0.301 e. The molecule has 2 amide bonds. The van der Waals surface area contributed by atoms with Gasteiger partial charge in [0.1, 0.15) is 12.6 Å². The molecule has 1 atom stereocenters. The minimum absolute atomic E-state index is 0.00880. The first-order valence-electron chi connectivity index (χ1n) is 10.1. The van der Waals surface area contributed by atoms with Crippen molar-refractivity contribution in [3.05, 3.63) is 100 Å². The van der Waals surface area contributed by atoms with E-state index < -0.39 is 6.04 Å². The molecule has 5 heteroatoms. The Bertz CT molecular complexity index is 1140. The smallest absolute Gasteiger partial charge is 0.254 e. The molecule has 31 heavy (non-hydrogen) atoms. The van der Waals surface area contributed by atoms with Gasteiger partial charge in [0.05, 0.1) is 0 Å². The van der Waals surface area contributed by atoms with Crippen LogP contribution < -0.4 is 9.80 Å². The molecule has 4 nitrogen and oxygen atoms in total. The van der Waals surface area contributed by atoms with Gasteiger partial charge in [-0.1, -0.05) is 70.5 Å². The highest BCUT2D eigenvalue weighted by molar-refractivity contribution is 9.10. The molecule has 0 aliphatic carbocycles. The highest BCUT2D eigenvalue weighted by Crippen LogP contribution is 2.31. The lowest BCUT2D eigenvalue weighted by Crippen LogP contribution is -2.61. The molecular weight excluding hydrogens is 452 g/mol. The van der Waals surface area contributed by atoms with Crippen molar-refractivity contribution in [2.45, 2.75) is 19.9 Å². The van der Waals surface area contributed by atoms with Gasteiger partial charge in [0.2, 0.25) is 5.91 Å². The van der Waals surface area contributed by atoms with Crippen LogP contribution in [0.5, 0.6) is 0 Å². The second kappa shape index (κ2) is 8.90. The van der Waals surface area contributed by atoms with Gasteiger partial charge in [0.25, 0.3) is 5.91 Å². The van der Waals surface area contributed by atoms with Crippen LogP contribution in [0.2, 0.25) is 0 Å². The summed E-state index contributed by atoms with van der Waals surface area (Å²) >= 11 is 3.44. The van der Waals surface area contributed by atoms with Crippen molar-refractivity contribution in [1.82, 2.24) is 0 Å². The van der Waals surface area contributed by atoms with Crippen molar-refractivity contribution in [2.24, 2.45) is 0 Å². The van der Waals surface area contributed by atoms with E-state index in [0.717, 1.165) is 26.9 Å². The molecular formula is C26H23BrN2O2. The zero-order chi connectivity index (χ0) is 22.0. The molecule has 1 fully saturated rings. The maximum atomic E-state index is 13.8. The zero-order valence-electron chi connectivity index (χ0n) is 17.5. The molecule has 1 unspecified atom stereocenters. The van der Waals surface area contributed by atoms with Crippen molar-refractivity contribution in [2.75, 3.05) is 16.3 Å². The van der Waals surface area contributed by atoms with Crippen molar-refractivity contribution in [1.29, 1.82) is 0 Å². The first-order valence-corrected chi connectivity index (χ1v) is 10.9. The first-order chi connectivity index (χ1) is 15.0. The number of anilines is 2. The summed E-state index contributed by atoms with van der Waals surface area (Å²) in [5.41, 5.74) is 4.24. The lowest BCUT2D eigenvalue weighted by Gasteiger charge is -2.41. The zero-order valence-corrected chi connectivity index (χ0v) is 19.0. The maximum absolute atomic E-state index is 13.8. The Hall–Kier alpha value is -3.18. The fourth-order valence-corrected chi connectivity index (χ4v) is 4.21. The minimum atomic E-state index is -0.720. The second-order valence-electron chi connectivity index (χ2n) is 7.65. The van der Waals surface area contributed by atoms with E-state index in [2.05, 4.69) is 15.9 Å². The Labute approximate surface area is 190 Å². The third-order valence-corrected chi connectivity index (χ3v) is 5.99. The van der Waals surface area contributed by atoms with Gasteiger partial charge in [-0.25, -0.2) is 0 Å². The predicted molar refractivity (Wildman–Crippen MR) is 129 cm³/mol. The summed E-state index contributed by atoms with van der Waals surface area (Å²) < 4.78 is 0.918. The number of hydrogen-bond acceptors (Lipinski definition) is 2. The summed E-state index contributed by atoms with van der Waals surface area (Å²) in [7, 11) is 0. The molecule has 1 saturated heterocycles. The van der Waals surface area contributed by atoms with Gasteiger partial charge in [-0.2, -0.15) is 0 Å². The molecule has 1 aliphatic heterocycles. The summed E-state index contributed by atoms with van der Waals surface area (Å²) in [5.74, 6) is -0.225. The van der Waals surface area contributed by atoms with Crippen LogP contribution in [0.25, 0.3) is 6.08 Å². The van der Waals surface area contributed by atoms with E-state index in [0.29, 0.717) is 5.69 Å². The molecule has 0 aromatic heterocycles. The fraction of sp³-hybridized carbons (Fsp3) is 0.154. The van der Waals surface area contributed by atoms with E-state index in [4.69, 9.17) is 0 Å². The number of hydrogen-bond donors (Lipinski definition) is 0. The Morgan fingerprint density at radius 1 is 0.935 bits per heavy atom. The van der Waals surface area contributed by atoms with E-state index in [-0.39, 0.29) is 18.4 Å². The number of carbonyl (C=O) groups excluding carboxylic acids is 2. The van der Waals surface area contributed by atoms with Crippen LogP contribution >= 0.6 is 15.9 Å². The minimum Gasteiger partial charge on any atom is -0.301 e. The van der Waals surface area contributed by atoms with Crippen molar-refractivity contribution >= 4 is 45.2 Å². The Balaban J connectivity index is 1.81. The number of benzene rings is 3. The average molecular weight is 475 g/mol. The normalized spacial score (nSPS) is 17.3. The van der Waals surface area contributed by atoms with Crippen LogP contribution in [0, 0.1) is 6.92 Å². The molecule has 156 valence electrons. The lowest BCUT2D eigenvalue weighted by molar-refractivity contribution is -0.127. The van der Waals surface area contributed by atoms with Crippen molar-refractivity contribution < 1.29 is 9.59 Å². The van der Waals surface area contributed by atoms with E-state index >= 15 is 0 Å². The van der Waals surface area contributed by atoms with Crippen LogP contribution in [0.3, 0.4) is 0 Å². The van der Waals surface area contributed by atoms with Crippen LogP contribution in [0.15, 0.2) is 88.9 Å². The van der Waals surface area contributed by atoms with Gasteiger partial charge in [0, 0.05) is 15.8 Å². The average Bonchev–Trinajstić information content (AvgIpc) is 2.77. The molecule has 3 aromatic rings. The number of amides is 2. The highest BCUT2D eigenvalue weighted by Gasteiger charge is 2.42. The third kappa shape index (κ3) is 4.32. The summed E-state index contributed by atoms with van der Waals surface area (Å²) in [5, 5.41) is 0. The number of carbonyl (C=O) groups is 2. The topological polar surface area (TPSA) is 40.6 Å². The monoisotopic (exact) mass is 474 g/mol. The van der Waals surface area contributed by atoms with Gasteiger partial charge >= 0.3 is 0 Å². The Morgan fingerprint density at radius 3 is 2.26 bits per heavy atom. The second-order valence-corrected chi connectivity index (χ2v) is 8.57. The standard InChI is InChI=1S/C26H23BrN2O2/c1-18-8-6-7-11-23(18)28-17-24(30)29(22-14-12-21(27)13-15-22)25(26(28)31)19(2)16-20-9-4-3-5-10-20/h3-16,25H,17H2,1-2H3/b19-16+. The van der Waals surface area contributed by atoms with Crippen LogP contribution in [-0.4, -0.2) is 24.4 Å². The first kappa shape index (κ1) is 21.1. The summed E-state index contributed by atoms with van der Waals surface area (Å²) in [6.07, 6.45) is 1.98. The SMILES string of the molecule is C/C(=C\c1ccccc1)C1C(=O)N(c2ccccc2C)CC(=O)N1c1ccc(Br)cc1. The van der Waals surface area contributed by atoms with E-state index in [1.165, 1.54) is 0 Å². The summed E-state index contributed by atoms with van der Waals surface area (Å²) in [6.45, 7) is 3.88. The molecule has 0 saturated carbocycles.